The summed E-state index contributed by atoms with van der Waals surface area (Å²) in [5.41, 5.74) is 1.35. The summed E-state index contributed by atoms with van der Waals surface area (Å²) in [5.74, 6) is 0.194. The van der Waals surface area contributed by atoms with Crippen LogP contribution in [0.4, 0.5) is 0 Å². The van der Waals surface area contributed by atoms with Crippen molar-refractivity contribution < 1.29 is 19.8 Å². The molecule has 3 fully saturated rings. The highest BCUT2D eigenvalue weighted by Gasteiger charge is 2.41. The summed E-state index contributed by atoms with van der Waals surface area (Å²) in [6, 6.07) is 11.1. The number of hydrogen-bond acceptors (Lipinski definition) is 2. The van der Waals surface area contributed by atoms with Gasteiger partial charge >= 0.3 is 0 Å². The first-order valence-electron chi connectivity index (χ1n) is 10.5. The first-order chi connectivity index (χ1) is 13.2. The van der Waals surface area contributed by atoms with Crippen molar-refractivity contribution in [3.8, 4) is 0 Å². The molecule has 1 aliphatic carbocycles. The Bertz CT molecular complexity index is 657. The predicted octanol–water partition coefficient (Wildman–Crippen LogP) is -1.32. The summed E-state index contributed by atoms with van der Waals surface area (Å²) in [5, 5.41) is 5.34. The summed E-state index contributed by atoms with van der Waals surface area (Å²) < 4.78 is 0. The van der Waals surface area contributed by atoms with Gasteiger partial charge in [0.15, 0.2) is 6.04 Å². The van der Waals surface area contributed by atoms with Gasteiger partial charge in [-0.3, -0.25) is 9.59 Å². The van der Waals surface area contributed by atoms with Gasteiger partial charge in [-0.25, -0.2) is 0 Å². The Morgan fingerprint density at radius 1 is 1.15 bits per heavy atom. The van der Waals surface area contributed by atoms with E-state index in [0.717, 1.165) is 45.6 Å². The van der Waals surface area contributed by atoms with Crippen LogP contribution in [0.5, 0.6) is 0 Å². The van der Waals surface area contributed by atoms with Crippen LogP contribution in [0, 0.1) is 0 Å². The smallest absolute Gasteiger partial charge is 0.279 e. The summed E-state index contributed by atoms with van der Waals surface area (Å²) in [7, 11) is 0. The molecule has 27 heavy (non-hydrogen) atoms. The molecule has 0 bridgehead atoms. The lowest BCUT2D eigenvalue weighted by Gasteiger charge is -2.38. The number of carbonyl (C=O) groups is 2. The minimum absolute atomic E-state index is 0.0554. The largest absolute Gasteiger partial charge is 0.342 e. The van der Waals surface area contributed by atoms with Crippen molar-refractivity contribution in [1.29, 1.82) is 0 Å². The van der Waals surface area contributed by atoms with Crippen LogP contribution in [-0.4, -0.2) is 61.0 Å². The van der Waals surface area contributed by atoms with E-state index >= 15 is 0 Å². The van der Waals surface area contributed by atoms with Crippen LogP contribution in [-0.2, 0) is 16.1 Å². The third kappa shape index (κ3) is 4.50. The fourth-order valence-corrected chi connectivity index (χ4v) is 4.86. The Hall–Kier alpha value is -1.92. The number of quaternary nitrogens is 2. The van der Waals surface area contributed by atoms with Gasteiger partial charge in [0.2, 0.25) is 5.91 Å². The first-order valence-corrected chi connectivity index (χ1v) is 10.5. The van der Waals surface area contributed by atoms with Gasteiger partial charge in [-0.2, -0.15) is 0 Å². The number of nitrogens with one attached hydrogen (secondary N) is 2. The number of nitrogens with zero attached hydrogens (tertiary/aromatic N) is 1. The fraction of sp³-hybridized carbons (Fsp3) is 0.619. The maximum atomic E-state index is 12.8. The van der Waals surface area contributed by atoms with E-state index in [1.165, 1.54) is 23.3 Å². The molecule has 2 saturated heterocycles. The second kappa shape index (κ2) is 8.40. The van der Waals surface area contributed by atoms with Crippen LogP contribution in [0.3, 0.4) is 0 Å². The Morgan fingerprint density at radius 2 is 1.89 bits per heavy atom. The Labute approximate surface area is 161 Å². The Kier molecular flexibility index (Phi) is 5.74. The quantitative estimate of drug-likeness (QED) is 0.613. The number of amides is 2. The molecule has 0 aromatic heterocycles. The van der Waals surface area contributed by atoms with Crippen molar-refractivity contribution in [2.24, 2.45) is 0 Å². The molecular formula is C21H32N4O2+2. The highest BCUT2D eigenvalue weighted by atomic mass is 16.2. The average Bonchev–Trinajstić information content (AvgIpc) is 2.70. The summed E-state index contributed by atoms with van der Waals surface area (Å²) >= 11 is 0. The van der Waals surface area contributed by atoms with Crippen LogP contribution in [0.15, 0.2) is 30.3 Å². The van der Waals surface area contributed by atoms with Gasteiger partial charge in [0.25, 0.3) is 5.91 Å². The van der Waals surface area contributed by atoms with Gasteiger partial charge in [-0.1, -0.05) is 36.8 Å². The molecule has 0 radical (unpaired) electrons. The second-order valence-electron chi connectivity index (χ2n) is 8.36. The van der Waals surface area contributed by atoms with E-state index in [4.69, 9.17) is 0 Å². The molecule has 2 amide bonds. The molecule has 3 aliphatic rings. The van der Waals surface area contributed by atoms with Crippen molar-refractivity contribution in [3.05, 3.63) is 35.9 Å². The van der Waals surface area contributed by atoms with E-state index in [-0.39, 0.29) is 17.9 Å². The number of carbonyl (C=O) groups excluding carboxylic acids is 2. The molecule has 1 saturated carbocycles. The Balaban J connectivity index is 1.25. The number of piperazine rings is 2. The molecule has 2 aliphatic heterocycles. The van der Waals surface area contributed by atoms with E-state index in [1.54, 1.807) is 0 Å². The van der Waals surface area contributed by atoms with Gasteiger partial charge in [-0.05, 0) is 12.8 Å². The highest BCUT2D eigenvalue weighted by molar-refractivity contribution is 5.87. The zero-order valence-corrected chi connectivity index (χ0v) is 16.0. The van der Waals surface area contributed by atoms with Crippen molar-refractivity contribution in [2.75, 3.05) is 26.2 Å². The van der Waals surface area contributed by atoms with E-state index in [2.05, 4.69) is 34.9 Å². The molecule has 1 aromatic carbocycles. The zero-order chi connectivity index (χ0) is 18.6. The standard InChI is InChI=1S/C21H30N4O2/c26-20(14-19-21(27)23-18-9-5-4-8-17(18)22-19)25-12-10-24(11-13-25)15-16-6-2-1-3-7-16/h1-3,6-7,17-19,22H,4-5,8-15H2,(H,23,27)/p+2/t17-,18-,19+/m0/s1. The third-order valence-electron chi connectivity index (χ3n) is 6.48. The monoisotopic (exact) mass is 372 g/mol. The van der Waals surface area contributed by atoms with Crippen molar-refractivity contribution >= 4 is 11.8 Å². The number of benzene rings is 1. The zero-order valence-electron chi connectivity index (χ0n) is 16.0. The van der Waals surface area contributed by atoms with Gasteiger partial charge in [-0.15, -0.1) is 0 Å². The topological polar surface area (TPSA) is 70.5 Å². The highest BCUT2D eigenvalue weighted by Crippen LogP contribution is 2.18. The normalized spacial score (nSPS) is 29.1. The minimum atomic E-state index is -0.244. The Morgan fingerprint density at radius 3 is 2.67 bits per heavy atom. The second-order valence-corrected chi connectivity index (χ2v) is 8.36. The number of hydrogen-bond donors (Lipinski definition) is 3. The predicted molar refractivity (Wildman–Crippen MR) is 102 cm³/mol. The third-order valence-corrected chi connectivity index (χ3v) is 6.48. The van der Waals surface area contributed by atoms with Crippen LogP contribution >= 0.6 is 0 Å². The van der Waals surface area contributed by atoms with Crippen molar-refractivity contribution in [2.45, 2.75) is 56.8 Å². The molecule has 6 nitrogen and oxygen atoms in total. The lowest BCUT2D eigenvalue weighted by atomic mass is 9.87. The minimum Gasteiger partial charge on any atom is -0.342 e. The van der Waals surface area contributed by atoms with Crippen LogP contribution in [0.1, 0.15) is 37.7 Å². The number of fused-ring (bicyclic) bond motifs is 1. The fourth-order valence-electron chi connectivity index (χ4n) is 4.86. The van der Waals surface area contributed by atoms with Crippen molar-refractivity contribution in [3.63, 3.8) is 0 Å². The van der Waals surface area contributed by atoms with Gasteiger partial charge in [0.1, 0.15) is 12.6 Å². The van der Waals surface area contributed by atoms with E-state index < -0.39 is 0 Å². The van der Waals surface area contributed by atoms with E-state index in [9.17, 15) is 9.59 Å². The molecule has 1 aromatic rings. The maximum absolute atomic E-state index is 12.8. The maximum Gasteiger partial charge on any atom is 0.279 e. The number of nitrogens with two attached hydrogens (primary N) is 1. The van der Waals surface area contributed by atoms with Gasteiger partial charge in [0, 0.05) is 12.0 Å². The SMILES string of the molecule is O=C1N[C@H]2CCCC[C@@H]2[NH2+][C@@H]1CC(=O)N1CC[NH+](Cc2ccccc2)CC1. The summed E-state index contributed by atoms with van der Waals surface area (Å²) in [6.45, 7) is 4.56. The van der Waals surface area contributed by atoms with E-state index in [0.29, 0.717) is 18.5 Å². The van der Waals surface area contributed by atoms with Gasteiger partial charge < -0.3 is 20.4 Å². The molecule has 2 heterocycles. The molecule has 4 N–H and O–H groups in total. The molecule has 146 valence electrons. The molecular weight excluding hydrogens is 340 g/mol. The molecule has 0 unspecified atom stereocenters. The summed E-state index contributed by atoms with van der Waals surface area (Å²) in [4.78, 5) is 28.6. The molecule has 4 rings (SSSR count). The lowest BCUT2D eigenvalue weighted by molar-refractivity contribution is -0.917. The molecule has 6 heteroatoms. The van der Waals surface area contributed by atoms with Crippen LogP contribution in [0.2, 0.25) is 0 Å². The average molecular weight is 373 g/mol. The van der Waals surface area contributed by atoms with Gasteiger partial charge in [0.05, 0.1) is 38.6 Å². The summed E-state index contributed by atoms with van der Waals surface area (Å²) in [6.07, 6.45) is 5.01. The van der Waals surface area contributed by atoms with Crippen LogP contribution in [0.25, 0.3) is 0 Å². The molecule has 0 spiro atoms. The first kappa shape index (κ1) is 18.4. The lowest BCUT2D eigenvalue weighted by Crippen LogP contribution is -3.13. The molecule has 3 atom stereocenters. The van der Waals surface area contributed by atoms with E-state index in [1.807, 2.05) is 11.0 Å². The number of rotatable bonds is 4. The van der Waals surface area contributed by atoms with Crippen molar-refractivity contribution in [1.82, 2.24) is 10.2 Å². The van der Waals surface area contributed by atoms with Crippen LogP contribution < -0.4 is 15.5 Å².